The number of likely N-dealkylation sites (tertiary alicyclic amines) is 1. The lowest BCUT2D eigenvalue weighted by Gasteiger charge is -2.33. The normalized spacial score (nSPS) is 23.9. The van der Waals surface area contributed by atoms with E-state index in [0.29, 0.717) is 36.6 Å². The molecule has 10 heteroatoms. The number of pyridine rings is 1. The van der Waals surface area contributed by atoms with E-state index < -0.39 is 12.2 Å². The van der Waals surface area contributed by atoms with E-state index in [1.165, 1.54) is 10.6 Å². The Kier molecular flexibility index (Phi) is 5.57. The first-order valence-electron chi connectivity index (χ1n) is 10.6. The van der Waals surface area contributed by atoms with Gasteiger partial charge in [-0.05, 0) is 31.7 Å². The first kappa shape index (κ1) is 21.5. The van der Waals surface area contributed by atoms with Crippen LogP contribution in [0.4, 0.5) is 19.0 Å². The summed E-state index contributed by atoms with van der Waals surface area (Å²) in [6.45, 7) is 2.76. The van der Waals surface area contributed by atoms with Crippen molar-refractivity contribution in [3.63, 3.8) is 0 Å². The Bertz CT molecular complexity index is 1030. The van der Waals surface area contributed by atoms with Crippen LogP contribution in [0.15, 0.2) is 29.2 Å². The molecular formula is C21H26F3N5O2. The third-order valence-electron chi connectivity index (χ3n) is 6.26. The molecule has 3 atom stereocenters. The highest BCUT2D eigenvalue weighted by molar-refractivity contribution is 5.94. The van der Waals surface area contributed by atoms with Gasteiger partial charge in [-0.3, -0.25) is 9.59 Å². The fraction of sp³-hybridized carbons (Fsp3) is 0.571. The molecule has 2 aliphatic heterocycles. The van der Waals surface area contributed by atoms with E-state index in [1.54, 1.807) is 30.3 Å². The van der Waals surface area contributed by atoms with Gasteiger partial charge < -0.3 is 14.8 Å². The molecule has 4 heterocycles. The van der Waals surface area contributed by atoms with Gasteiger partial charge in [0.2, 0.25) is 0 Å². The van der Waals surface area contributed by atoms with Gasteiger partial charge in [0.15, 0.2) is 6.04 Å². The van der Waals surface area contributed by atoms with Crippen LogP contribution in [0.3, 0.4) is 0 Å². The molecule has 0 aromatic carbocycles. The van der Waals surface area contributed by atoms with Crippen molar-refractivity contribution in [2.45, 2.75) is 56.8 Å². The standard InChI is InChI=1S/C21H26F3N5O2/c1-3-15-10-17(21(22,23)24)29-18(25-15)11-16(26-29)14-5-4-7-28(12-14)20(31)13-6-8-27(2)19(30)9-13/h6,8-9,11,14-15,17,25H,3-5,7,10,12H2,1-2H3/t14-,15-,17-/m1/s1. The summed E-state index contributed by atoms with van der Waals surface area (Å²) in [6.07, 6.45) is -0.821. The number of alkyl halides is 3. The van der Waals surface area contributed by atoms with Crippen molar-refractivity contribution in [3.8, 4) is 0 Å². The number of rotatable bonds is 3. The molecule has 2 aromatic rings. The van der Waals surface area contributed by atoms with Crippen molar-refractivity contribution >= 4 is 11.7 Å². The summed E-state index contributed by atoms with van der Waals surface area (Å²) < 4.78 is 43.3. The van der Waals surface area contributed by atoms with Crippen LogP contribution in [0.1, 0.15) is 60.6 Å². The number of aryl methyl sites for hydroxylation is 1. The largest absolute Gasteiger partial charge is 0.410 e. The maximum atomic E-state index is 13.6. The average Bonchev–Trinajstić information content (AvgIpc) is 3.18. The zero-order chi connectivity index (χ0) is 22.3. The van der Waals surface area contributed by atoms with Crippen molar-refractivity contribution in [2.75, 3.05) is 18.4 Å². The van der Waals surface area contributed by atoms with Gasteiger partial charge in [0, 0.05) is 56.0 Å². The lowest BCUT2D eigenvalue weighted by atomic mass is 9.94. The topological polar surface area (TPSA) is 72.2 Å². The summed E-state index contributed by atoms with van der Waals surface area (Å²) in [5.74, 6) is -0.0211. The average molecular weight is 437 g/mol. The Morgan fingerprint density at radius 2 is 2.10 bits per heavy atom. The minimum absolute atomic E-state index is 0.0492. The van der Waals surface area contributed by atoms with Crippen LogP contribution in [0.2, 0.25) is 0 Å². The second kappa shape index (κ2) is 8.05. The SMILES string of the molecule is CC[C@@H]1C[C@H](C(F)(F)F)n2nc([C@@H]3CCCN(C(=O)c4ccn(C)c(=O)c4)C3)cc2N1. The molecule has 0 unspecified atom stereocenters. The van der Waals surface area contributed by atoms with Gasteiger partial charge in [-0.25, -0.2) is 4.68 Å². The Morgan fingerprint density at radius 1 is 1.32 bits per heavy atom. The van der Waals surface area contributed by atoms with Crippen LogP contribution in [0, 0.1) is 0 Å². The highest BCUT2D eigenvalue weighted by Gasteiger charge is 2.46. The van der Waals surface area contributed by atoms with Crippen LogP contribution in [-0.4, -0.2) is 50.5 Å². The number of hydrogen-bond acceptors (Lipinski definition) is 4. The van der Waals surface area contributed by atoms with E-state index in [0.717, 1.165) is 17.5 Å². The van der Waals surface area contributed by atoms with Crippen LogP contribution >= 0.6 is 0 Å². The van der Waals surface area contributed by atoms with Crippen molar-refractivity contribution in [3.05, 3.63) is 46.0 Å². The summed E-state index contributed by atoms with van der Waals surface area (Å²) >= 11 is 0. The van der Waals surface area contributed by atoms with Gasteiger partial charge in [-0.15, -0.1) is 0 Å². The van der Waals surface area contributed by atoms with Crippen LogP contribution in [0.25, 0.3) is 0 Å². The number of hydrogen-bond donors (Lipinski definition) is 1. The van der Waals surface area contributed by atoms with Crippen molar-refractivity contribution in [1.82, 2.24) is 19.2 Å². The Labute approximate surface area is 177 Å². The molecule has 31 heavy (non-hydrogen) atoms. The predicted octanol–water partition coefficient (Wildman–Crippen LogP) is 3.30. The number of piperidine rings is 1. The van der Waals surface area contributed by atoms with Crippen LogP contribution in [-0.2, 0) is 7.05 Å². The van der Waals surface area contributed by atoms with E-state index in [4.69, 9.17) is 0 Å². The van der Waals surface area contributed by atoms with E-state index in [1.807, 2.05) is 6.92 Å². The highest BCUT2D eigenvalue weighted by Crippen LogP contribution is 2.41. The molecule has 0 saturated carbocycles. The van der Waals surface area contributed by atoms with Gasteiger partial charge >= 0.3 is 6.18 Å². The number of anilines is 1. The molecule has 0 spiro atoms. The fourth-order valence-electron chi connectivity index (χ4n) is 4.40. The highest BCUT2D eigenvalue weighted by atomic mass is 19.4. The summed E-state index contributed by atoms with van der Waals surface area (Å²) in [5, 5.41) is 7.49. The number of carbonyl (C=O) groups excluding carboxylic acids is 1. The number of halogens is 3. The van der Waals surface area contributed by atoms with E-state index >= 15 is 0 Å². The summed E-state index contributed by atoms with van der Waals surface area (Å²) in [6, 6.07) is 2.70. The van der Waals surface area contributed by atoms with Gasteiger partial charge in [-0.2, -0.15) is 18.3 Å². The molecular weight excluding hydrogens is 411 g/mol. The molecule has 0 radical (unpaired) electrons. The zero-order valence-electron chi connectivity index (χ0n) is 17.5. The molecule has 1 fully saturated rings. The second-order valence-electron chi connectivity index (χ2n) is 8.40. The molecule has 168 valence electrons. The fourth-order valence-corrected chi connectivity index (χ4v) is 4.40. The van der Waals surface area contributed by atoms with E-state index in [-0.39, 0.29) is 29.8 Å². The molecule has 2 aliphatic rings. The third kappa shape index (κ3) is 4.20. The lowest BCUT2D eigenvalue weighted by Crippen LogP contribution is -2.40. The second-order valence-corrected chi connectivity index (χ2v) is 8.40. The first-order chi connectivity index (χ1) is 14.7. The summed E-state index contributed by atoms with van der Waals surface area (Å²) in [7, 11) is 1.61. The number of fused-ring (bicyclic) bond motifs is 1. The Morgan fingerprint density at radius 3 is 2.77 bits per heavy atom. The first-order valence-corrected chi connectivity index (χ1v) is 10.6. The summed E-state index contributed by atoms with van der Waals surface area (Å²) in [5.41, 5.74) is 0.614. The summed E-state index contributed by atoms with van der Waals surface area (Å²) in [4.78, 5) is 26.4. The van der Waals surface area contributed by atoms with Gasteiger partial charge in [-0.1, -0.05) is 6.92 Å². The molecule has 7 nitrogen and oxygen atoms in total. The Balaban J connectivity index is 1.56. The molecule has 2 aromatic heterocycles. The number of amides is 1. The number of carbonyl (C=O) groups is 1. The van der Waals surface area contributed by atoms with Gasteiger partial charge in [0.05, 0.1) is 5.69 Å². The quantitative estimate of drug-likeness (QED) is 0.800. The zero-order valence-corrected chi connectivity index (χ0v) is 17.5. The van der Waals surface area contributed by atoms with E-state index in [2.05, 4.69) is 10.4 Å². The maximum absolute atomic E-state index is 13.6. The smallest absolute Gasteiger partial charge is 0.367 e. The molecule has 4 rings (SSSR count). The lowest BCUT2D eigenvalue weighted by molar-refractivity contribution is -0.173. The van der Waals surface area contributed by atoms with Crippen LogP contribution < -0.4 is 10.9 Å². The van der Waals surface area contributed by atoms with Crippen LogP contribution in [0.5, 0.6) is 0 Å². The Hall–Kier alpha value is -2.78. The molecule has 0 bridgehead atoms. The third-order valence-corrected chi connectivity index (χ3v) is 6.26. The molecule has 1 saturated heterocycles. The maximum Gasteiger partial charge on any atom is 0.410 e. The number of aromatic nitrogens is 3. The van der Waals surface area contributed by atoms with E-state index in [9.17, 15) is 22.8 Å². The number of nitrogens with one attached hydrogen (secondary N) is 1. The van der Waals surface area contributed by atoms with Crippen molar-refractivity contribution in [1.29, 1.82) is 0 Å². The van der Waals surface area contributed by atoms with Crippen molar-refractivity contribution < 1.29 is 18.0 Å². The molecule has 1 amide bonds. The minimum Gasteiger partial charge on any atom is -0.367 e. The molecule has 1 N–H and O–H groups in total. The predicted molar refractivity (Wildman–Crippen MR) is 109 cm³/mol. The monoisotopic (exact) mass is 437 g/mol. The number of nitrogens with zero attached hydrogens (tertiary/aromatic N) is 4. The van der Waals surface area contributed by atoms with Gasteiger partial charge in [0.25, 0.3) is 11.5 Å². The molecule has 0 aliphatic carbocycles. The van der Waals surface area contributed by atoms with Crippen molar-refractivity contribution in [2.24, 2.45) is 7.05 Å². The minimum atomic E-state index is -4.37. The van der Waals surface area contributed by atoms with Gasteiger partial charge in [0.1, 0.15) is 5.82 Å².